The number of hydrogen-bond acceptors (Lipinski definition) is 3. The SMILES string of the molecule is Cc1ccc(N2CC(N)CC2=O)c(O)c1. The zero-order chi connectivity index (χ0) is 11.0. The second kappa shape index (κ2) is 3.55. The van der Waals surface area contributed by atoms with Gasteiger partial charge >= 0.3 is 0 Å². The summed E-state index contributed by atoms with van der Waals surface area (Å²) in [6.07, 6.45) is 0.354. The number of anilines is 1. The van der Waals surface area contributed by atoms with Crippen LogP contribution >= 0.6 is 0 Å². The molecule has 1 aromatic carbocycles. The van der Waals surface area contributed by atoms with Crippen LogP contribution in [0.5, 0.6) is 5.75 Å². The number of carbonyl (C=O) groups is 1. The topological polar surface area (TPSA) is 66.6 Å². The van der Waals surface area contributed by atoms with Gasteiger partial charge in [0.1, 0.15) is 5.75 Å². The molecule has 0 bridgehead atoms. The summed E-state index contributed by atoms with van der Waals surface area (Å²) in [4.78, 5) is 13.1. The maximum Gasteiger partial charge on any atom is 0.228 e. The number of aromatic hydroxyl groups is 1. The molecule has 1 fully saturated rings. The molecule has 1 aliphatic rings. The molecule has 1 heterocycles. The second-order valence-corrected chi connectivity index (χ2v) is 3.96. The molecule has 0 aliphatic carbocycles. The zero-order valence-corrected chi connectivity index (χ0v) is 8.60. The molecule has 0 spiro atoms. The Hall–Kier alpha value is -1.55. The van der Waals surface area contributed by atoms with Gasteiger partial charge in [-0.05, 0) is 24.6 Å². The van der Waals surface area contributed by atoms with Crippen molar-refractivity contribution in [1.82, 2.24) is 0 Å². The number of phenols is 1. The van der Waals surface area contributed by atoms with E-state index in [1.807, 2.05) is 13.0 Å². The van der Waals surface area contributed by atoms with Gasteiger partial charge in [0.05, 0.1) is 5.69 Å². The minimum absolute atomic E-state index is 0.0262. The van der Waals surface area contributed by atoms with Crippen LogP contribution in [0.1, 0.15) is 12.0 Å². The average Bonchev–Trinajstić information content (AvgIpc) is 2.45. The number of phenolic OH excluding ortho intramolecular Hbond substituents is 1. The molecule has 1 unspecified atom stereocenters. The first-order chi connectivity index (χ1) is 7.08. The van der Waals surface area contributed by atoms with Crippen molar-refractivity contribution >= 4 is 11.6 Å². The number of nitrogens with zero attached hydrogens (tertiary/aromatic N) is 1. The summed E-state index contributed by atoms with van der Waals surface area (Å²) in [5.41, 5.74) is 7.21. The van der Waals surface area contributed by atoms with Crippen molar-refractivity contribution in [2.75, 3.05) is 11.4 Å². The van der Waals surface area contributed by atoms with Crippen molar-refractivity contribution in [1.29, 1.82) is 0 Å². The minimum atomic E-state index is -0.127. The fourth-order valence-corrected chi connectivity index (χ4v) is 1.83. The summed E-state index contributed by atoms with van der Waals surface area (Å²) >= 11 is 0. The number of carbonyl (C=O) groups excluding carboxylic acids is 1. The van der Waals surface area contributed by atoms with Gasteiger partial charge in [-0.2, -0.15) is 0 Å². The monoisotopic (exact) mass is 206 g/mol. The van der Waals surface area contributed by atoms with E-state index in [0.717, 1.165) is 5.56 Å². The molecule has 1 amide bonds. The standard InChI is InChI=1S/C11H14N2O2/c1-7-2-3-9(10(14)4-7)13-6-8(12)5-11(13)15/h2-4,8,14H,5-6,12H2,1H3. The molecule has 4 nitrogen and oxygen atoms in total. The van der Waals surface area contributed by atoms with Crippen molar-refractivity contribution in [2.45, 2.75) is 19.4 Å². The lowest BCUT2D eigenvalue weighted by Gasteiger charge is -2.17. The molecule has 15 heavy (non-hydrogen) atoms. The Kier molecular flexibility index (Phi) is 2.36. The molecule has 1 atom stereocenters. The first-order valence-corrected chi connectivity index (χ1v) is 4.93. The molecule has 1 aromatic rings. The normalized spacial score (nSPS) is 21.1. The van der Waals surface area contributed by atoms with Gasteiger partial charge in [0.15, 0.2) is 0 Å². The number of amides is 1. The Morgan fingerprint density at radius 1 is 1.53 bits per heavy atom. The Bertz CT molecular complexity index is 404. The molecule has 2 rings (SSSR count). The van der Waals surface area contributed by atoms with Crippen molar-refractivity contribution < 1.29 is 9.90 Å². The van der Waals surface area contributed by atoms with Gasteiger partial charge in [-0.25, -0.2) is 0 Å². The van der Waals surface area contributed by atoms with Gasteiger partial charge < -0.3 is 15.7 Å². The molecular weight excluding hydrogens is 192 g/mol. The first kappa shape index (κ1) is 9.98. The number of hydrogen-bond donors (Lipinski definition) is 2. The molecule has 0 radical (unpaired) electrons. The third kappa shape index (κ3) is 1.80. The van der Waals surface area contributed by atoms with Crippen LogP contribution in [-0.2, 0) is 4.79 Å². The van der Waals surface area contributed by atoms with E-state index in [-0.39, 0.29) is 17.7 Å². The molecule has 1 saturated heterocycles. The number of benzene rings is 1. The highest BCUT2D eigenvalue weighted by atomic mass is 16.3. The third-order valence-electron chi connectivity index (χ3n) is 2.58. The molecule has 1 aliphatic heterocycles. The number of rotatable bonds is 1. The molecule has 0 aromatic heterocycles. The van der Waals surface area contributed by atoms with E-state index in [0.29, 0.717) is 18.7 Å². The third-order valence-corrected chi connectivity index (χ3v) is 2.58. The predicted octanol–water partition coefficient (Wildman–Crippen LogP) is 0.765. The Balaban J connectivity index is 2.34. The van der Waals surface area contributed by atoms with E-state index >= 15 is 0 Å². The van der Waals surface area contributed by atoms with Crippen molar-refractivity contribution in [3.63, 3.8) is 0 Å². The highest BCUT2D eigenvalue weighted by Crippen LogP contribution is 2.30. The van der Waals surface area contributed by atoms with Crippen molar-refractivity contribution in [3.8, 4) is 5.75 Å². The lowest BCUT2D eigenvalue weighted by Crippen LogP contribution is -2.27. The maximum absolute atomic E-state index is 11.6. The first-order valence-electron chi connectivity index (χ1n) is 4.93. The summed E-state index contributed by atoms with van der Waals surface area (Å²) in [5, 5.41) is 9.72. The van der Waals surface area contributed by atoms with Crippen LogP contribution in [0, 0.1) is 6.92 Å². The van der Waals surface area contributed by atoms with E-state index in [2.05, 4.69) is 0 Å². The largest absolute Gasteiger partial charge is 0.506 e. The average molecular weight is 206 g/mol. The molecule has 80 valence electrons. The number of aryl methyl sites for hydroxylation is 1. The van der Waals surface area contributed by atoms with Crippen LogP contribution < -0.4 is 10.6 Å². The van der Waals surface area contributed by atoms with E-state index in [1.54, 1.807) is 17.0 Å². The fourth-order valence-electron chi connectivity index (χ4n) is 1.83. The van der Waals surface area contributed by atoms with Gasteiger partial charge in [0.2, 0.25) is 5.91 Å². The van der Waals surface area contributed by atoms with Gasteiger partial charge in [-0.3, -0.25) is 4.79 Å². The summed E-state index contributed by atoms with van der Waals surface area (Å²) in [6, 6.07) is 5.14. The Labute approximate surface area is 88.3 Å². The van der Waals surface area contributed by atoms with Gasteiger partial charge in [0.25, 0.3) is 0 Å². The summed E-state index contributed by atoms with van der Waals surface area (Å²) in [6.45, 7) is 2.37. The Morgan fingerprint density at radius 2 is 2.27 bits per heavy atom. The van der Waals surface area contributed by atoms with E-state index in [9.17, 15) is 9.90 Å². The van der Waals surface area contributed by atoms with Gasteiger partial charge in [-0.15, -0.1) is 0 Å². The fraction of sp³-hybridized carbons (Fsp3) is 0.364. The molecule has 0 saturated carbocycles. The summed E-state index contributed by atoms with van der Waals surface area (Å²) in [5.74, 6) is 0.110. The highest BCUT2D eigenvalue weighted by molar-refractivity contribution is 5.97. The number of nitrogens with two attached hydrogens (primary N) is 1. The predicted molar refractivity (Wildman–Crippen MR) is 57.8 cm³/mol. The van der Waals surface area contributed by atoms with Crippen LogP contribution in [0.15, 0.2) is 18.2 Å². The maximum atomic E-state index is 11.6. The van der Waals surface area contributed by atoms with Crippen LogP contribution in [0.4, 0.5) is 5.69 Å². The molecule has 4 heteroatoms. The van der Waals surface area contributed by atoms with Crippen molar-refractivity contribution in [3.05, 3.63) is 23.8 Å². The van der Waals surface area contributed by atoms with E-state index in [1.165, 1.54) is 0 Å². The second-order valence-electron chi connectivity index (χ2n) is 3.96. The summed E-state index contributed by atoms with van der Waals surface area (Å²) in [7, 11) is 0. The quantitative estimate of drug-likeness (QED) is 0.713. The molecular formula is C11H14N2O2. The van der Waals surface area contributed by atoms with Crippen LogP contribution in [0.3, 0.4) is 0 Å². The Morgan fingerprint density at radius 3 is 2.80 bits per heavy atom. The zero-order valence-electron chi connectivity index (χ0n) is 8.60. The summed E-state index contributed by atoms with van der Waals surface area (Å²) < 4.78 is 0. The highest BCUT2D eigenvalue weighted by Gasteiger charge is 2.29. The van der Waals surface area contributed by atoms with Crippen LogP contribution in [0.2, 0.25) is 0 Å². The van der Waals surface area contributed by atoms with E-state index in [4.69, 9.17) is 5.73 Å². The smallest absolute Gasteiger partial charge is 0.228 e. The van der Waals surface area contributed by atoms with Crippen LogP contribution in [-0.4, -0.2) is 23.6 Å². The molecule has 3 N–H and O–H groups in total. The van der Waals surface area contributed by atoms with Gasteiger partial charge in [-0.1, -0.05) is 6.07 Å². The minimum Gasteiger partial charge on any atom is -0.506 e. The van der Waals surface area contributed by atoms with Gasteiger partial charge in [0, 0.05) is 19.0 Å². The lowest BCUT2D eigenvalue weighted by molar-refractivity contribution is -0.117. The van der Waals surface area contributed by atoms with E-state index < -0.39 is 0 Å². The van der Waals surface area contributed by atoms with Crippen LogP contribution in [0.25, 0.3) is 0 Å². The van der Waals surface area contributed by atoms with Crippen molar-refractivity contribution in [2.24, 2.45) is 5.73 Å². The lowest BCUT2D eigenvalue weighted by atomic mass is 10.2.